The third kappa shape index (κ3) is 2.31. The third-order valence-corrected chi connectivity index (χ3v) is 3.82. The highest BCUT2D eigenvalue weighted by molar-refractivity contribution is 5.77. The minimum Gasteiger partial charge on any atom is -0.383 e. The van der Waals surface area contributed by atoms with Crippen LogP contribution in [0.3, 0.4) is 0 Å². The molecule has 0 amide bonds. The van der Waals surface area contributed by atoms with Gasteiger partial charge in [-0.2, -0.15) is 0 Å². The average Bonchev–Trinajstić information content (AvgIpc) is 2.84. The van der Waals surface area contributed by atoms with E-state index < -0.39 is 0 Å². The Kier molecular flexibility index (Phi) is 3.48. The molecule has 0 fully saturated rings. The lowest BCUT2D eigenvalue weighted by Gasteiger charge is -2.06. The van der Waals surface area contributed by atoms with Crippen LogP contribution in [0.25, 0.3) is 22.6 Å². The molecule has 1 heterocycles. The topological polar surface area (TPSA) is 43.8 Å². The van der Waals surface area contributed by atoms with Crippen molar-refractivity contribution in [2.24, 2.45) is 7.05 Å². The summed E-state index contributed by atoms with van der Waals surface area (Å²) in [4.78, 5) is 4.80. The van der Waals surface area contributed by atoms with E-state index in [1.807, 2.05) is 35.9 Å². The summed E-state index contributed by atoms with van der Waals surface area (Å²) in [6.45, 7) is 2.15. The fourth-order valence-corrected chi connectivity index (χ4v) is 2.61. The molecule has 106 valence electrons. The van der Waals surface area contributed by atoms with Crippen molar-refractivity contribution in [3.8, 4) is 22.6 Å². The number of hydrogen-bond acceptors (Lipinski definition) is 2. The Balaban J connectivity index is 2.18. The van der Waals surface area contributed by atoms with Crippen LogP contribution in [0.5, 0.6) is 0 Å². The minimum absolute atomic E-state index is 0.703. The maximum atomic E-state index is 6.30. The molecule has 2 N–H and O–H groups in total. The zero-order chi connectivity index (χ0) is 14.8. The first-order valence-electron chi connectivity index (χ1n) is 7.18. The highest BCUT2D eigenvalue weighted by Gasteiger charge is 2.16. The van der Waals surface area contributed by atoms with Crippen LogP contribution in [-0.2, 0) is 13.5 Å². The molecule has 1 aromatic heterocycles. The van der Waals surface area contributed by atoms with Crippen molar-refractivity contribution in [2.45, 2.75) is 13.3 Å². The summed E-state index contributed by atoms with van der Waals surface area (Å²) in [5.41, 5.74) is 10.6. The lowest BCUT2D eigenvalue weighted by atomic mass is 10.0. The van der Waals surface area contributed by atoms with E-state index in [4.69, 9.17) is 10.7 Å². The van der Waals surface area contributed by atoms with Gasteiger partial charge in [-0.1, -0.05) is 61.5 Å². The number of aryl methyl sites for hydroxylation is 1. The van der Waals surface area contributed by atoms with Crippen LogP contribution in [0, 0.1) is 0 Å². The van der Waals surface area contributed by atoms with Gasteiger partial charge in [-0.25, -0.2) is 4.98 Å². The van der Waals surface area contributed by atoms with Crippen molar-refractivity contribution in [3.05, 3.63) is 60.2 Å². The molecule has 0 saturated heterocycles. The Morgan fingerprint density at radius 3 is 2.38 bits per heavy atom. The smallest absolute Gasteiger partial charge is 0.142 e. The molecule has 0 bridgehead atoms. The van der Waals surface area contributed by atoms with E-state index in [0.717, 1.165) is 29.1 Å². The molecule has 0 spiro atoms. The summed E-state index contributed by atoms with van der Waals surface area (Å²) in [6, 6.07) is 18.4. The first-order chi connectivity index (χ1) is 10.2. The Hall–Kier alpha value is -2.55. The predicted octanol–water partition coefficient (Wildman–Crippen LogP) is 3.90. The van der Waals surface area contributed by atoms with Gasteiger partial charge in [0, 0.05) is 18.2 Å². The Morgan fingerprint density at radius 1 is 1.00 bits per heavy atom. The van der Waals surface area contributed by atoms with E-state index in [-0.39, 0.29) is 0 Å². The molecular weight excluding hydrogens is 258 g/mol. The quantitative estimate of drug-likeness (QED) is 0.789. The molecule has 0 radical (unpaired) electrons. The van der Waals surface area contributed by atoms with Crippen molar-refractivity contribution in [1.29, 1.82) is 0 Å². The number of benzene rings is 2. The van der Waals surface area contributed by atoms with E-state index in [1.165, 1.54) is 5.56 Å². The Labute approximate surface area is 125 Å². The van der Waals surface area contributed by atoms with Gasteiger partial charge in [0.2, 0.25) is 0 Å². The SMILES string of the molecule is CCc1ccccc1-c1nc(-c2ccccc2)n(C)c1N. The van der Waals surface area contributed by atoms with Crippen LogP contribution in [0.2, 0.25) is 0 Å². The van der Waals surface area contributed by atoms with Gasteiger partial charge in [-0.15, -0.1) is 0 Å². The Bertz CT molecular complexity index is 757. The van der Waals surface area contributed by atoms with Crippen molar-refractivity contribution >= 4 is 5.82 Å². The molecule has 0 aliphatic heterocycles. The van der Waals surface area contributed by atoms with Gasteiger partial charge in [0.15, 0.2) is 0 Å². The molecular formula is C18H19N3. The van der Waals surface area contributed by atoms with Crippen LogP contribution >= 0.6 is 0 Å². The fraction of sp³-hybridized carbons (Fsp3) is 0.167. The van der Waals surface area contributed by atoms with Gasteiger partial charge in [0.1, 0.15) is 17.3 Å². The molecule has 0 aliphatic carbocycles. The first kappa shape index (κ1) is 13.4. The molecule has 3 rings (SSSR count). The highest BCUT2D eigenvalue weighted by Crippen LogP contribution is 2.32. The zero-order valence-electron chi connectivity index (χ0n) is 12.4. The number of imidazole rings is 1. The fourth-order valence-electron chi connectivity index (χ4n) is 2.61. The van der Waals surface area contributed by atoms with Gasteiger partial charge < -0.3 is 10.3 Å². The summed E-state index contributed by atoms with van der Waals surface area (Å²) in [6.07, 6.45) is 0.965. The number of anilines is 1. The second-order valence-corrected chi connectivity index (χ2v) is 5.11. The van der Waals surface area contributed by atoms with Gasteiger partial charge in [0.05, 0.1) is 0 Å². The zero-order valence-corrected chi connectivity index (χ0v) is 12.4. The van der Waals surface area contributed by atoms with Gasteiger partial charge in [-0.05, 0) is 12.0 Å². The van der Waals surface area contributed by atoms with Crippen LogP contribution in [0.15, 0.2) is 54.6 Å². The number of nitrogens with zero attached hydrogens (tertiary/aromatic N) is 2. The summed E-state index contributed by atoms with van der Waals surface area (Å²) in [5.74, 6) is 1.60. The van der Waals surface area contributed by atoms with Crippen LogP contribution in [-0.4, -0.2) is 9.55 Å². The summed E-state index contributed by atoms with van der Waals surface area (Å²) in [7, 11) is 1.96. The largest absolute Gasteiger partial charge is 0.383 e. The lowest BCUT2D eigenvalue weighted by Crippen LogP contribution is -1.99. The second kappa shape index (κ2) is 5.44. The monoisotopic (exact) mass is 277 g/mol. The summed E-state index contributed by atoms with van der Waals surface area (Å²) < 4.78 is 1.96. The maximum absolute atomic E-state index is 6.30. The number of rotatable bonds is 3. The van der Waals surface area contributed by atoms with Crippen molar-refractivity contribution < 1.29 is 0 Å². The van der Waals surface area contributed by atoms with Gasteiger partial charge in [0.25, 0.3) is 0 Å². The highest BCUT2D eigenvalue weighted by atomic mass is 15.1. The molecule has 3 aromatic rings. The molecule has 3 heteroatoms. The van der Waals surface area contributed by atoms with Crippen molar-refractivity contribution in [2.75, 3.05) is 5.73 Å². The molecule has 0 saturated carbocycles. The van der Waals surface area contributed by atoms with Crippen molar-refractivity contribution in [3.63, 3.8) is 0 Å². The van der Waals surface area contributed by atoms with E-state index in [9.17, 15) is 0 Å². The normalized spacial score (nSPS) is 10.8. The summed E-state index contributed by atoms with van der Waals surface area (Å²) >= 11 is 0. The maximum Gasteiger partial charge on any atom is 0.142 e. The van der Waals surface area contributed by atoms with Crippen LogP contribution < -0.4 is 5.73 Å². The molecule has 0 atom stereocenters. The standard InChI is InChI=1S/C18H19N3/c1-3-13-9-7-8-12-15(13)16-17(19)21(2)18(20-16)14-10-5-4-6-11-14/h4-12H,3,19H2,1-2H3. The molecule has 0 unspecified atom stereocenters. The van der Waals surface area contributed by atoms with E-state index in [0.29, 0.717) is 5.82 Å². The minimum atomic E-state index is 0.703. The van der Waals surface area contributed by atoms with Crippen LogP contribution in [0.4, 0.5) is 5.82 Å². The number of nitrogen functional groups attached to an aromatic ring is 1. The molecule has 0 aliphatic rings. The van der Waals surface area contributed by atoms with Gasteiger partial charge >= 0.3 is 0 Å². The second-order valence-electron chi connectivity index (χ2n) is 5.11. The lowest BCUT2D eigenvalue weighted by molar-refractivity contribution is 0.937. The third-order valence-electron chi connectivity index (χ3n) is 3.82. The number of nitrogens with two attached hydrogens (primary N) is 1. The average molecular weight is 277 g/mol. The van der Waals surface area contributed by atoms with E-state index in [2.05, 4.69) is 37.3 Å². The Morgan fingerprint density at radius 2 is 1.67 bits per heavy atom. The predicted molar refractivity (Wildman–Crippen MR) is 87.9 cm³/mol. The first-order valence-corrected chi connectivity index (χ1v) is 7.18. The van der Waals surface area contributed by atoms with Gasteiger partial charge in [-0.3, -0.25) is 0 Å². The molecule has 2 aromatic carbocycles. The van der Waals surface area contributed by atoms with Crippen molar-refractivity contribution in [1.82, 2.24) is 9.55 Å². The van der Waals surface area contributed by atoms with E-state index >= 15 is 0 Å². The molecule has 3 nitrogen and oxygen atoms in total. The number of hydrogen-bond donors (Lipinski definition) is 1. The summed E-state index contributed by atoms with van der Waals surface area (Å²) in [5, 5.41) is 0. The molecule has 21 heavy (non-hydrogen) atoms. The van der Waals surface area contributed by atoms with E-state index in [1.54, 1.807) is 0 Å². The van der Waals surface area contributed by atoms with Crippen LogP contribution in [0.1, 0.15) is 12.5 Å². The number of aromatic nitrogens is 2.